The van der Waals surface area contributed by atoms with Gasteiger partial charge in [0.15, 0.2) is 0 Å². The lowest BCUT2D eigenvalue weighted by Crippen LogP contribution is -2.52. The standard InChI is InChI=1S/C19H26N4O4/c24-15(9-14-10-20-18(27)21-16(14)25)23-8-6-19(12-23)5-2-7-22(17(19)26)11-13-3-1-4-13/h10,13H,1-9,11-12H2,(H2,20,21,25,27)/t19-/m0/s1. The first-order valence-corrected chi connectivity index (χ1v) is 9.85. The summed E-state index contributed by atoms with van der Waals surface area (Å²) in [4.78, 5) is 57.0. The first-order chi connectivity index (χ1) is 13.0. The largest absolute Gasteiger partial charge is 0.342 e. The van der Waals surface area contributed by atoms with Crippen LogP contribution in [-0.4, -0.2) is 57.8 Å². The topological polar surface area (TPSA) is 106 Å². The van der Waals surface area contributed by atoms with Gasteiger partial charge in [0, 0.05) is 37.9 Å². The fourth-order valence-electron chi connectivity index (χ4n) is 4.62. The lowest BCUT2D eigenvalue weighted by molar-refractivity contribution is -0.147. The zero-order valence-electron chi connectivity index (χ0n) is 15.5. The molecule has 1 aromatic rings. The number of aromatic nitrogens is 2. The van der Waals surface area contributed by atoms with E-state index in [-0.39, 0.29) is 23.8 Å². The third kappa shape index (κ3) is 3.44. The fraction of sp³-hybridized carbons (Fsp3) is 0.684. The molecule has 1 aromatic heterocycles. The van der Waals surface area contributed by atoms with Crippen LogP contribution in [0.5, 0.6) is 0 Å². The van der Waals surface area contributed by atoms with Gasteiger partial charge >= 0.3 is 5.69 Å². The fourth-order valence-corrected chi connectivity index (χ4v) is 4.62. The van der Waals surface area contributed by atoms with Crippen LogP contribution in [0.2, 0.25) is 0 Å². The van der Waals surface area contributed by atoms with Crippen molar-refractivity contribution in [2.24, 2.45) is 11.3 Å². The molecule has 1 atom stereocenters. The van der Waals surface area contributed by atoms with Crippen molar-refractivity contribution in [1.29, 1.82) is 0 Å². The molecular formula is C19H26N4O4. The Labute approximate surface area is 156 Å². The maximum atomic E-state index is 13.1. The maximum absolute atomic E-state index is 13.1. The van der Waals surface area contributed by atoms with Gasteiger partial charge in [-0.05, 0) is 38.0 Å². The molecule has 0 radical (unpaired) electrons. The van der Waals surface area contributed by atoms with Crippen LogP contribution in [0, 0.1) is 11.3 Å². The molecule has 3 aliphatic rings. The number of aromatic amines is 2. The summed E-state index contributed by atoms with van der Waals surface area (Å²) in [5, 5.41) is 0. The normalized spacial score (nSPS) is 25.9. The van der Waals surface area contributed by atoms with E-state index in [0.29, 0.717) is 25.4 Å². The Hall–Kier alpha value is -2.38. The van der Waals surface area contributed by atoms with Crippen molar-refractivity contribution in [1.82, 2.24) is 19.8 Å². The average Bonchev–Trinajstić information content (AvgIpc) is 3.02. The lowest BCUT2D eigenvalue weighted by atomic mass is 9.77. The Morgan fingerprint density at radius 2 is 1.96 bits per heavy atom. The third-order valence-corrected chi connectivity index (χ3v) is 6.47. The zero-order chi connectivity index (χ0) is 19.0. The number of likely N-dealkylation sites (tertiary alicyclic amines) is 2. The molecule has 0 unspecified atom stereocenters. The van der Waals surface area contributed by atoms with E-state index >= 15 is 0 Å². The SMILES string of the molecule is O=C(Cc1c[nH]c(=O)[nH]c1=O)N1CC[C@@]2(CCCN(CC3CCC3)C2=O)C1. The first kappa shape index (κ1) is 18.0. The van der Waals surface area contributed by atoms with Crippen molar-refractivity contribution < 1.29 is 9.59 Å². The van der Waals surface area contributed by atoms with Crippen LogP contribution in [0.25, 0.3) is 0 Å². The molecule has 146 valence electrons. The summed E-state index contributed by atoms with van der Waals surface area (Å²) in [6.07, 6.45) is 7.43. The van der Waals surface area contributed by atoms with E-state index < -0.39 is 16.7 Å². The van der Waals surface area contributed by atoms with E-state index in [4.69, 9.17) is 0 Å². The Morgan fingerprint density at radius 3 is 2.67 bits per heavy atom. The van der Waals surface area contributed by atoms with Gasteiger partial charge in [0.2, 0.25) is 11.8 Å². The molecule has 27 heavy (non-hydrogen) atoms. The second-order valence-corrected chi connectivity index (χ2v) is 8.27. The molecule has 0 aromatic carbocycles. The van der Waals surface area contributed by atoms with Gasteiger partial charge in [0.05, 0.1) is 11.8 Å². The zero-order valence-corrected chi connectivity index (χ0v) is 15.5. The molecule has 8 nitrogen and oxygen atoms in total. The summed E-state index contributed by atoms with van der Waals surface area (Å²) in [5.41, 5.74) is -1.34. The van der Waals surface area contributed by atoms with Crippen molar-refractivity contribution in [2.75, 3.05) is 26.2 Å². The molecule has 3 heterocycles. The van der Waals surface area contributed by atoms with Crippen LogP contribution in [0.15, 0.2) is 15.8 Å². The second-order valence-electron chi connectivity index (χ2n) is 8.27. The Balaban J connectivity index is 1.42. The van der Waals surface area contributed by atoms with Gasteiger partial charge in [-0.3, -0.25) is 19.4 Å². The number of amides is 2. The van der Waals surface area contributed by atoms with E-state index in [1.54, 1.807) is 4.90 Å². The van der Waals surface area contributed by atoms with Crippen LogP contribution >= 0.6 is 0 Å². The van der Waals surface area contributed by atoms with Gasteiger partial charge in [0.1, 0.15) is 0 Å². The van der Waals surface area contributed by atoms with E-state index in [1.807, 2.05) is 4.90 Å². The van der Waals surface area contributed by atoms with Crippen LogP contribution in [0.1, 0.15) is 44.1 Å². The summed E-state index contributed by atoms with van der Waals surface area (Å²) < 4.78 is 0. The molecule has 1 aliphatic carbocycles. The van der Waals surface area contributed by atoms with Gasteiger partial charge in [0.25, 0.3) is 5.56 Å². The highest BCUT2D eigenvalue weighted by molar-refractivity contribution is 5.86. The number of hydrogen-bond donors (Lipinski definition) is 2. The molecule has 3 fully saturated rings. The molecule has 2 N–H and O–H groups in total. The van der Waals surface area contributed by atoms with Crippen LogP contribution < -0.4 is 11.2 Å². The van der Waals surface area contributed by atoms with Gasteiger partial charge in [-0.2, -0.15) is 0 Å². The minimum Gasteiger partial charge on any atom is -0.342 e. The smallest absolute Gasteiger partial charge is 0.325 e. The third-order valence-electron chi connectivity index (χ3n) is 6.47. The average molecular weight is 374 g/mol. The van der Waals surface area contributed by atoms with E-state index in [0.717, 1.165) is 25.9 Å². The summed E-state index contributed by atoms with van der Waals surface area (Å²) in [6.45, 7) is 2.68. The monoisotopic (exact) mass is 374 g/mol. The number of rotatable bonds is 4. The Morgan fingerprint density at radius 1 is 1.15 bits per heavy atom. The molecule has 2 aliphatic heterocycles. The maximum Gasteiger partial charge on any atom is 0.325 e. The van der Waals surface area contributed by atoms with Crippen molar-refractivity contribution in [3.8, 4) is 0 Å². The number of H-pyrrole nitrogens is 2. The molecule has 1 saturated carbocycles. The summed E-state index contributed by atoms with van der Waals surface area (Å²) in [6, 6.07) is 0. The first-order valence-electron chi connectivity index (χ1n) is 9.85. The molecule has 8 heteroatoms. The minimum atomic E-state index is -0.587. The highest BCUT2D eigenvalue weighted by atomic mass is 16.2. The number of carbonyl (C=O) groups excluding carboxylic acids is 2. The van der Waals surface area contributed by atoms with Gasteiger partial charge in [-0.25, -0.2) is 4.79 Å². The van der Waals surface area contributed by atoms with E-state index in [1.165, 1.54) is 25.5 Å². The van der Waals surface area contributed by atoms with E-state index in [2.05, 4.69) is 9.97 Å². The van der Waals surface area contributed by atoms with Crippen LogP contribution in [0.4, 0.5) is 0 Å². The van der Waals surface area contributed by atoms with Gasteiger partial charge < -0.3 is 14.8 Å². The molecule has 2 saturated heterocycles. The quantitative estimate of drug-likeness (QED) is 0.788. The summed E-state index contributed by atoms with van der Waals surface area (Å²) >= 11 is 0. The molecule has 0 bridgehead atoms. The van der Waals surface area contributed by atoms with Crippen molar-refractivity contribution in [2.45, 2.75) is 44.9 Å². The van der Waals surface area contributed by atoms with Crippen molar-refractivity contribution >= 4 is 11.8 Å². The van der Waals surface area contributed by atoms with E-state index in [9.17, 15) is 19.2 Å². The Bertz CT molecular complexity index is 856. The van der Waals surface area contributed by atoms with Crippen molar-refractivity contribution in [3.63, 3.8) is 0 Å². The van der Waals surface area contributed by atoms with Crippen molar-refractivity contribution in [3.05, 3.63) is 32.6 Å². The Kier molecular flexibility index (Phi) is 4.65. The number of carbonyl (C=O) groups is 2. The van der Waals surface area contributed by atoms with Crippen LogP contribution in [-0.2, 0) is 16.0 Å². The number of piperidine rings is 1. The van der Waals surface area contributed by atoms with Crippen LogP contribution in [0.3, 0.4) is 0 Å². The van der Waals surface area contributed by atoms with Gasteiger partial charge in [-0.15, -0.1) is 0 Å². The molecular weight excluding hydrogens is 348 g/mol. The number of nitrogens with zero attached hydrogens (tertiary/aromatic N) is 2. The minimum absolute atomic E-state index is 0.0673. The second kappa shape index (κ2) is 6.98. The number of nitrogens with one attached hydrogen (secondary N) is 2. The molecule has 2 amide bonds. The molecule has 1 spiro atoms. The summed E-state index contributed by atoms with van der Waals surface area (Å²) in [5.74, 6) is 0.682. The lowest BCUT2D eigenvalue weighted by Gasteiger charge is -2.42. The van der Waals surface area contributed by atoms with Gasteiger partial charge in [-0.1, -0.05) is 6.42 Å². The number of hydrogen-bond acceptors (Lipinski definition) is 4. The molecule has 4 rings (SSSR count). The summed E-state index contributed by atoms with van der Waals surface area (Å²) in [7, 11) is 0. The predicted molar refractivity (Wildman–Crippen MR) is 98.2 cm³/mol. The highest BCUT2D eigenvalue weighted by Crippen LogP contribution is 2.41. The highest BCUT2D eigenvalue weighted by Gasteiger charge is 2.49. The predicted octanol–water partition coefficient (Wildman–Crippen LogP) is 0.247.